The second-order valence-electron chi connectivity index (χ2n) is 8.79. The standard InChI is InChI=1S/C25H23N7O2S/c1-14-8-9-35-21(14)19-5-3-2-4-15(19)12-26-24-30-22-17(10-16-11-20(33)29-23(16)34)13-27-32(22)25(31-24)28-18-6-7-18/h2-5,8-10,13,18H,6-7,11-12H2,1H3,(H,29,33,34)(H2,26,28,30,31)/b16-10+. The molecule has 1 aliphatic heterocycles. The molecule has 35 heavy (non-hydrogen) atoms. The van der Waals surface area contributed by atoms with Crippen LogP contribution in [0.15, 0.2) is 47.5 Å². The summed E-state index contributed by atoms with van der Waals surface area (Å²) in [6.45, 7) is 2.67. The summed E-state index contributed by atoms with van der Waals surface area (Å²) in [5.41, 5.74) is 5.21. The smallest absolute Gasteiger partial charge is 0.254 e. The van der Waals surface area contributed by atoms with Gasteiger partial charge in [0.15, 0.2) is 5.65 Å². The van der Waals surface area contributed by atoms with Gasteiger partial charge < -0.3 is 10.6 Å². The van der Waals surface area contributed by atoms with Crippen molar-refractivity contribution >= 4 is 46.8 Å². The number of nitrogens with zero attached hydrogens (tertiary/aromatic N) is 4. The van der Waals surface area contributed by atoms with Gasteiger partial charge in [0.05, 0.1) is 12.6 Å². The summed E-state index contributed by atoms with van der Waals surface area (Å²) < 4.78 is 1.65. The first-order chi connectivity index (χ1) is 17.0. The normalized spacial score (nSPS) is 16.8. The molecule has 2 fully saturated rings. The van der Waals surface area contributed by atoms with Crippen molar-refractivity contribution in [3.63, 3.8) is 0 Å². The van der Waals surface area contributed by atoms with Crippen LogP contribution in [0, 0.1) is 6.92 Å². The zero-order valence-electron chi connectivity index (χ0n) is 19.0. The Bertz CT molecular complexity index is 1500. The first-order valence-corrected chi connectivity index (χ1v) is 12.4. The molecule has 0 radical (unpaired) electrons. The Morgan fingerprint density at radius 3 is 2.80 bits per heavy atom. The molecule has 1 saturated carbocycles. The van der Waals surface area contributed by atoms with Crippen molar-refractivity contribution in [3.05, 3.63) is 64.2 Å². The number of fused-ring (bicyclic) bond motifs is 1. The number of amides is 2. The second-order valence-corrected chi connectivity index (χ2v) is 9.71. The first-order valence-electron chi connectivity index (χ1n) is 11.5. The van der Waals surface area contributed by atoms with Gasteiger partial charge in [-0.1, -0.05) is 24.3 Å². The van der Waals surface area contributed by atoms with Gasteiger partial charge in [-0.3, -0.25) is 14.9 Å². The maximum Gasteiger partial charge on any atom is 0.254 e. The Kier molecular flexibility index (Phi) is 5.29. The van der Waals surface area contributed by atoms with E-state index < -0.39 is 0 Å². The van der Waals surface area contributed by atoms with Gasteiger partial charge in [-0.15, -0.1) is 11.3 Å². The van der Waals surface area contributed by atoms with Crippen LogP contribution >= 0.6 is 11.3 Å². The minimum atomic E-state index is -0.376. The largest absolute Gasteiger partial charge is 0.351 e. The number of aromatic nitrogens is 4. The molecule has 0 bridgehead atoms. The molecule has 4 aromatic rings. The average molecular weight is 486 g/mol. The lowest BCUT2D eigenvalue weighted by atomic mass is 10.0. The molecule has 9 nitrogen and oxygen atoms in total. The van der Waals surface area contributed by atoms with E-state index >= 15 is 0 Å². The zero-order chi connectivity index (χ0) is 23.9. The zero-order valence-corrected chi connectivity index (χ0v) is 19.9. The summed E-state index contributed by atoms with van der Waals surface area (Å²) in [5.74, 6) is 0.383. The monoisotopic (exact) mass is 485 g/mol. The third-order valence-electron chi connectivity index (χ3n) is 6.09. The van der Waals surface area contributed by atoms with Gasteiger partial charge in [-0.25, -0.2) is 0 Å². The van der Waals surface area contributed by atoms with Crippen LogP contribution in [0.4, 0.5) is 11.9 Å². The second kappa shape index (κ2) is 8.62. The molecule has 2 aliphatic rings. The van der Waals surface area contributed by atoms with Gasteiger partial charge >= 0.3 is 0 Å². The molecule has 10 heteroatoms. The highest BCUT2D eigenvalue weighted by Gasteiger charge is 2.26. The molecule has 0 atom stereocenters. The summed E-state index contributed by atoms with van der Waals surface area (Å²) in [4.78, 5) is 34.3. The number of thiophene rings is 1. The molecule has 1 aliphatic carbocycles. The van der Waals surface area contributed by atoms with E-state index in [0.717, 1.165) is 18.4 Å². The number of rotatable bonds is 7. The molecule has 176 valence electrons. The van der Waals surface area contributed by atoms with Crippen LogP contribution in [0.1, 0.15) is 36.0 Å². The van der Waals surface area contributed by atoms with E-state index in [4.69, 9.17) is 9.97 Å². The Balaban J connectivity index is 1.35. The fourth-order valence-electron chi connectivity index (χ4n) is 4.11. The third-order valence-corrected chi connectivity index (χ3v) is 7.14. The number of carbonyl (C=O) groups is 2. The highest BCUT2D eigenvalue weighted by atomic mass is 32.1. The van der Waals surface area contributed by atoms with Crippen molar-refractivity contribution in [2.75, 3.05) is 10.6 Å². The molecule has 0 spiro atoms. The Morgan fingerprint density at radius 2 is 2.06 bits per heavy atom. The van der Waals surface area contributed by atoms with Crippen molar-refractivity contribution in [2.45, 2.75) is 38.8 Å². The van der Waals surface area contributed by atoms with Crippen molar-refractivity contribution in [2.24, 2.45) is 0 Å². The van der Waals surface area contributed by atoms with E-state index in [1.54, 1.807) is 28.1 Å². The lowest BCUT2D eigenvalue weighted by Crippen LogP contribution is -2.19. The number of hydrogen-bond acceptors (Lipinski definition) is 8. The predicted molar refractivity (Wildman–Crippen MR) is 135 cm³/mol. The lowest BCUT2D eigenvalue weighted by Gasteiger charge is -2.12. The van der Waals surface area contributed by atoms with Crippen LogP contribution in [0.25, 0.3) is 22.2 Å². The summed E-state index contributed by atoms with van der Waals surface area (Å²) in [6, 6.07) is 10.8. The lowest BCUT2D eigenvalue weighted by molar-refractivity contribution is -0.124. The minimum absolute atomic E-state index is 0.0540. The summed E-state index contributed by atoms with van der Waals surface area (Å²) in [7, 11) is 0. The highest BCUT2D eigenvalue weighted by molar-refractivity contribution is 7.13. The number of aryl methyl sites for hydroxylation is 1. The van der Waals surface area contributed by atoms with Gasteiger partial charge in [-0.05, 0) is 54.0 Å². The maximum atomic E-state index is 12.1. The predicted octanol–water partition coefficient (Wildman–Crippen LogP) is 3.78. The number of benzene rings is 1. The first kappa shape index (κ1) is 21.5. The molecular formula is C25H23N7O2S. The van der Waals surface area contributed by atoms with Crippen molar-refractivity contribution in [3.8, 4) is 10.4 Å². The molecule has 6 rings (SSSR count). The topological polar surface area (TPSA) is 113 Å². The van der Waals surface area contributed by atoms with E-state index in [0.29, 0.717) is 41.3 Å². The van der Waals surface area contributed by atoms with Crippen molar-refractivity contribution < 1.29 is 9.59 Å². The molecule has 2 amide bonds. The summed E-state index contributed by atoms with van der Waals surface area (Å²) in [5, 5.41) is 15.7. The molecule has 0 unspecified atom stereocenters. The van der Waals surface area contributed by atoms with E-state index in [1.165, 1.54) is 16.0 Å². The van der Waals surface area contributed by atoms with Crippen molar-refractivity contribution in [1.82, 2.24) is 24.9 Å². The quantitative estimate of drug-likeness (QED) is 0.270. The van der Waals surface area contributed by atoms with Crippen LogP contribution in [-0.2, 0) is 16.1 Å². The number of carbonyl (C=O) groups excluding carboxylic acids is 2. The molecule has 3 N–H and O–H groups in total. The van der Waals surface area contributed by atoms with Gasteiger partial charge in [0.25, 0.3) is 5.91 Å². The number of nitrogens with one attached hydrogen (secondary N) is 3. The van der Waals surface area contributed by atoms with Crippen LogP contribution in [-0.4, -0.2) is 37.4 Å². The SMILES string of the molecule is Cc1ccsc1-c1ccccc1CNc1nc(NC2CC2)n2ncc(/C=C3\CC(=O)NC3=O)c2n1. The van der Waals surface area contributed by atoms with Crippen LogP contribution in [0.2, 0.25) is 0 Å². The number of hydrogen-bond donors (Lipinski definition) is 3. The van der Waals surface area contributed by atoms with Gasteiger partial charge in [0.1, 0.15) is 0 Å². The molecule has 1 saturated heterocycles. The van der Waals surface area contributed by atoms with Gasteiger partial charge in [0, 0.05) is 28.6 Å². The number of anilines is 2. The summed E-state index contributed by atoms with van der Waals surface area (Å²) in [6.07, 6.45) is 5.54. The highest BCUT2D eigenvalue weighted by Crippen LogP contribution is 2.32. The van der Waals surface area contributed by atoms with Crippen molar-refractivity contribution in [1.29, 1.82) is 0 Å². The Morgan fingerprint density at radius 1 is 1.20 bits per heavy atom. The number of imide groups is 1. The molecule has 3 aromatic heterocycles. The molecule has 1 aromatic carbocycles. The summed E-state index contributed by atoms with van der Waals surface area (Å²) >= 11 is 1.73. The average Bonchev–Trinajstić information content (AvgIpc) is 3.26. The fraction of sp³-hybridized carbons (Fsp3) is 0.240. The van der Waals surface area contributed by atoms with Gasteiger partial charge in [0.2, 0.25) is 17.8 Å². The Hall–Kier alpha value is -4.05. The Labute approximate surface area is 205 Å². The molecule has 4 heterocycles. The minimum Gasteiger partial charge on any atom is -0.351 e. The third kappa shape index (κ3) is 4.28. The maximum absolute atomic E-state index is 12.1. The van der Waals surface area contributed by atoms with E-state index in [2.05, 4.69) is 51.6 Å². The van der Waals surface area contributed by atoms with E-state index in [9.17, 15) is 9.59 Å². The fourth-order valence-corrected chi connectivity index (χ4v) is 5.09. The van der Waals surface area contributed by atoms with E-state index in [1.807, 2.05) is 12.1 Å². The molecular weight excluding hydrogens is 462 g/mol. The van der Waals surface area contributed by atoms with Crippen LogP contribution < -0.4 is 16.0 Å². The van der Waals surface area contributed by atoms with E-state index in [-0.39, 0.29) is 18.2 Å². The van der Waals surface area contributed by atoms with Gasteiger partial charge in [-0.2, -0.15) is 19.6 Å². The van der Waals surface area contributed by atoms with Crippen LogP contribution in [0.3, 0.4) is 0 Å². The van der Waals surface area contributed by atoms with Crippen LogP contribution in [0.5, 0.6) is 0 Å².